The van der Waals surface area contributed by atoms with Crippen LogP contribution in [0, 0.1) is 45.6 Å². The summed E-state index contributed by atoms with van der Waals surface area (Å²) in [4.78, 5) is 35.8. The van der Waals surface area contributed by atoms with Gasteiger partial charge in [-0.2, -0.15) is 5.01 Å². The summed E-state index contributed by atoms with van der Waals surface area (Å²) < 4.78 is 0. The molecule has 0 spiro atoms. The Labute approximate surface area is 137 Å². The number of carbonyl (C=O) groups is 2. The Morgan fingerprint density at radius 1 is 1.00 bits per heavy atom. The Kier molecular flexibility index (Phi) is 2.53. The summed E-state index contributed by atoms with van der Waals surface area (Å²) in [7, 11) is 0. The second kappa shape index (κ2) is 4.43. The van der Waals surface area contributed by atoms with Gasteiger partial charge in [-0.05, 0) is 42.2 Å². The number of hydrazine groups is 1. The van der Waals surface area contributed by atoms with Crippen LogP contribution in [0.3, 0.4) is 0 Å². The number of nitro benzene ring substituents is 1. The Bertz CT molecular complexity index is 767. The molecule has 5 aliphatic rings. The minimum Gasteiger partial charge on any atom is -0.289 e. The minimum absolute atomic E-state index is 0.0318. The van der Waals surface area contributed by atoms with Crippen LogP contribution in [0.25, 0.3) is 0 Å². The summed E-state index contributed by atoms with van der Waals surface area (Å²) in [6.45, 7) is 0. The van der Waals surface area contributed by atoms with E-state index in [1.54, 1.807) is 0 Å². The number of anilines is 1. The van der Waals surface area contributed by atoms with Crippen molar-refractivity contribution >= 4 is 23.2 Å². The molecule has 1 N–H and O–H groups in total. The smallest absolute Gasteiger partial charge is 0.269 e. The number of hydrogen-bond acceptors (Lipinski definition) is 5. The molecule has 3 fully saturated rings. The van der Waals surface area contributed by atoms with Crippen molar-refractivity contribution in [3.63, 3.8) is 0 Å². The fourth-order valence-corrected chi connectivity index (χ4v) is 4.85. The number of nitro groups is 1. The van der Waals surface area contributed by atoms with Crippen LogP contribution in [0.4, 0.5) is 11.4 Å². The molecule has 7 nitrogen and oxygen atoms in total. The Balaban J connectivity index is 1.41. The van der Waals surface area contributed by atoms with Gasteiger partial charge in [-0.25, -0.2) is 0 Å². The van der Waals surface area contributed by atoms with Crippen molar-refractivity contribution in [3.05, 3.63) is 46.5 Å². The van der Waals surface area contributed by atoms with Crippen LogP contribution in [0.2, 0.25) is 0 Å². The third-order valence-corrected chi connectivity index (χ3v) is 5.98. The molecule has 0 aromatic heterocycles. The minimum atomic E-state index is -0.486. The van der Waals surface area contributed by atoms with E-state index in [1.165, 1.54) is 24.3 Å². The SMILES string of the molecule is O=C1C2C3C=CC(C4CC34)C2C(=O)N1Nc1ccc([N+](=O)[O-])cc1. The number of benzene rings is 1. The van der Waals surface area contributed by atoms with Crippen LogP contribution in [-0.4, -0.2) is 21.7 Å². The summed E-state index contributed by atoms with van der Waals surface area (Å²) in [5, 5.41) is 11.8. The second-order valence-corrected chi connectivity index (χ2v) is 7.08. The van der Waals surface area contributed by atoms with E-state index in [1.807, 2.05) is 0 Å². The van der Waals surface area contributed by atoms with Gasteiger partial charge in [0.1, 0.15) is 0 Å². The van der Waals surface area contributed by atoms with E-state index in [4.69, 9.17) is 0 Å². The maximum atomic E-state index is 12.8. The molecular formula is C17H15N3O4. The van der Waals surface area contributed by atoms with Crippen LogP contribution < -0.4 is 5.43 Å². The zero-order valence-corrected chi connectivity index (χ0v) is 12.7. The zero-order valence-electron chi connectivity index (χ0n) is 12.7. The number of non-ortho nitro benzene ring substituents is 1. The first kappa shape index (κ1) is 13.7. The lowest BCUT2D eigenvalue weighted by molar-refractivity contribution is -0.384. The molecule has 2 saturated carbocycles. The molecule has 6 rings (SSSR count). The third-order valence-electron chi connectivity index (χ3n) is 5.98. The predicted octanol–water partition coefficient (Wildman–Crippen LogP) is 1.97. The van der Waals surface area contributed by atoms with E-state index in [2.05, 4.69) is 17.6 Å². The van der Waals surface area contributed by atoms with Gasteiger partial charge in [-0.3, -0.25) is 25.1 Å². The third kappa shape index (κ3) is 1.67. The lowest BCUT2D eigenvalue weighted by Gasteiger charge is -2.37. The van der Waals surface area contributed by atoms with Gasteiger partial charge in [0.25, 0.3) is 17.5 Å². The summed E-state index contributed by atoms with van der Waals surface area (Å²) in [6.07, 6.45) is 5.38. The van der Waals surface area contributed by atoms with Gasteiger partial charge < -0.3 is 0 Å². The van der Waals surface area contributed by atoms with E-state index in [0.29, 0.717) is 17.5 Å². The molecule has 7 heteroatoms. The number of nitrogens with one attached hydrogen (secondary N) is 1. The fourth-order valence-electron chi connectivity index (χ4n) is 4.85. The van der Waals surface area contributed by atoms with Crippen LogP contribution in [0.5, 0.6) is 0 Å². The van der Waals surface area contributed by atoms with Gasteiger partial charge in [0, 0.05) is 12.1 Å². The molecular weight excluding hydrogens is 310 g/mol. The number of imide groups is 1. The van der Waals surface area contributed by atoms with Crippen molar-refractivity contribution in [3.8, 4) is 0 Å². The molecule has 122 valence electrons. The van der Waals surface area contributed by atoms with E-state index in [9.17, 15) is 19.7 Å². The van der Waals surface area contributed by atoms with Crippen LogP contribution >= 0.6 is 0 Å². The maximum Gasteiger partial charge on any atom is 0.269 e. The highest BCUT2D eigenvalue weighted by atomic mass is 16.6. The quantitative estimate of drug-likeness (QED) is 0.397. The van der Waals surface area contributed by atoms with Gasteiger partial charge >= 0.3 is 0 Å². The lowest BCUT2D eigenvalue weighted by atomic mass is 9.63. The molecule has 1 aromatic rings. The van der Waals surface area contributed by atoms with Crippen molar-refractivity contribution < 1.29 is 14.5 Å². The van der Waals surface area contributed by atoms with E-state index in [0.717, 1.165) is 11.4 Å². The average molecular weight is 325 g/mol. The maximum absolute atomic E-state index is 12.8. The number of rotatable bonds is 3. The molecule has 4 aliphatic carbocycles. The summed E-state index contributed by atoms with van der Waals surface area (Å²) in [5.41, 5.74) is 3.31. The number of amides is 2. The molecule has 1 saturated heterocycles. The van der Waals surface area contributed by atoms with Crippen LogP contribution in [0.1, 0.15) is 6.42 Å². The highest BCUT2D eigenvalue weighted by Crippen LogP contribution is 2.65. The van der Waals surface area contributed by atoms with Crippen molar-refractivity contribution in [1.82, 2.24) is 5.01 Å². The zero-order chi connectivity index (χ0) is 16.6. The second-order valence-electron chi connectivity index (χ2n) is 7.08. The van der Waals surface area contributed by atoms with Crippen molar-refractivity contribution in [1.29, 1.82) is 0 Å². The van der Waals surface area contributed by atoms with Crippen molar-refractivity contribution in [2.75, 3.05) is 5.43 Å². The Hall–Kier alpha value is -2.70. The van der Waals surface area contributed by atoms with Crippen LogP contribution in [-0.2, 0) is 9.59 Å². The van der Waals surface area contributed by atoms with Crippen LogP contribution in [0.15, 0.2) is 36.4 Å². The van der Waals surface area contributed by atoms with Crippen molar-refractivity contribution in [2.24, 2.45) is 35.5 Å². The Morgan fingerprint density at radius 2 is 1.54 bits per heavy atom. The van der Waals surface area contributed by atoms with E-state index >= 15 is 0 Å². The highest BCUT2D eigenvalue weighted by molar-refractivity contribution is 6.07. The number of allylic oxidation sites excluding steroid dienone is 2. The van der Waals surface area contributed by atoms with Gasteiger partial charge in [-0.1, -0.05) is 12.2 Å². The first-order valence-corrected chi connectivity index (χ1v) is 8.13. The molecule has 24 heavy (non-hydrogen) atoms. The molecule has 0 radical (unpaired) electrons. The van der Waals surface area contributed by atoms with Gasteiger partial charge in [-0.15, -0.1) is 0 Å². The first-order chi connectivity index (χ1) is 11.6. The van der Waals surface area contributed by atoms with E-state index < -0.39 is 4.92 Å². The standard InChI is InChI=1S/C17H15N3O4/c21-16-14-10-5-6-11(13-7-12(10)13)15(14)17(22)19(16)18-8-1-3-9(4-2-8)20(23)24/h1-6,10-15,18H,7H2. The summed E-state index contributed by atoms with van der Waals surface area (Å²) in [6, 6.07) is 5.71. The molecule has 1 heterocycles. The monoisotopic (exact) mass is 325 g/mol. The fraction of sp³-hybridized carbons (Fsp3) is 0.412. The number of nitrogens with zero attached hydrogens (tertiary/aromatic N) is 2. The number of hydrogen-bond donors (Lipinski definition) is 1. The van der Waals surface area contributed by atoms with Gasteiger partial charge in [0.05, 0.1) is 22.4 Å². The normalized spacial score (nSPS) is 38.1. The van der Waals surface area contributed by atoms with Crippen molar-refractivity contribution in [2.45, 2.75) is 6.42 Å². The Morgan fingerprint density at radius 3 is 2.04 bits per heavy atom. The lowest BCUT2D eigenvalue weighted by Crippen LogP contribution is -2.40. The number of carbonyl (C=O) groups excluding carboxylic acids is 2. The summed E-state index contributed by atoms with van der Waals surface area (Å²) in [5.74, 6) is 0.662. The first-order valence-electron chi connectivity index (χ1n) is 8.13. The predicted molar refractivity (Wildman–Crippen MR) is 83.3 cm³/mol. The van der Waals surface area contributed by atoms with Gasteiger partial charge in [0.15, 0.2) is 0 Å². The highest BCUT2D eigenvalue weighted by Gasteiger charge is 2.67. The van der Waals surface area contributed by atoms with Gasteiger partial charge in [0.2, 0.25) is 0 Å². The molecule has 6 unspecified atom stereocenters. The molecule has 6 atom stereocenters. The topological polar surface area (TPSA) is 92.6 Å². The largest absolute Gasteiger partial charge is 0.289 e. The van der Waals surface area contributed by atoms with E-state index in [-0.39, 0.29) is 41.2 Å². The molecule has 1 aromatic carbocycles. The summed E-state index contributed by atoms with van der Waals surface area (Å²) >= 11 is 0. The average Bonchev–Trinajstić information content (AvgIpc) is 3.36. The molecule has 1 aliphatic heterocycles. The molecule has 2 bridgehead atoms. The molecule has 2 amide bonds.